The zero-order valence-corrected chi connectivity index (χ0v) is 18.6. The van der Waals surface area contributed by atoms with Crippen LogP contribution in [0.3, 0.4) is 0 Å². The Bertz CT molecular complexity index is 1260. The van der Waals surface area contributed by atoms with E-state index in [0.717, 1.165) is 0 Å². The number of nitrogens with one attached hydrogen (secondary N) is 1. The minimum Gasteiger partial charge on any atom is -0.469 e. The van der Waals surface area contributed by atoms with Crippen molar-refractivity contribution in [2.75, 3.05) is 7.11 Å². The summed E-state index contributed by atoms with van der Waals surface area (Å²) in [6.45, 7) is 3.88. The Kier molecular flexibility index (Phi) is 7.50. The molecule has 2 heterocycles. The SMILES string of the molecule is COC(=O)CC(=O)CC(O)C=Cc1c(C(C)C)nc2[nH]c(=O)ccc2c1-c1ccc(F)cc1. The van der Waals surface area contributed by atoms with Gasteiger partial charge in [-0.1, -0.05) is 38.1 Å². The number of carbonyl (C=O) groups excluding carboxylic acids is 2. The zero-order valence-electron chi connectivity index (χ0n) is 18.6. The van der Waals surface area contributed by atoms with Crippen LogP contribution in [0.5, 0.6) is 0 Å². The van der Waals surface area contributed by atoms with Crippen molar-refractivity contribution in [2.45, 2.75) is 38.7 Å². The third-order valence-corrected chi connectivity index (χ3v) is 5.12. The number of halogens is 1. The van der Waals surface area contributed by atoms with Crippen molar-refractivity contribution in [2.24, 2.45) is 0 Å². The van der Waals surface area contributed by atoms with Gasteiger partial charge in [0.25, 0.3) is 0 Å². The maximum absolute atomic E-state index is 13.6. The molecule has 3 aromatic rings. The van der Waals surface area contributed by atoms with Gasteiger partial charge in [-0.2, -0.15) is 0 Å². The molecular weight excluding hydrogens is 427 g/mol. The lowest BCUT2D eigenvalue weighted by Crippen LogP contribution is -2.15. The largest absolute Gasteiger partial charge is 0.469 e. The Labute approximate surface area is 189 Å². The predicted molar refractivity (Wildman–Crippen MR) is 123 cm³/mol. The van der Waals surface area contributed by atoms with Crippen molar-refractivity contribution in [1.29, 1.82) is 0 Å². The van der Waals surface area contributed by atoms with Crippen molar-refractivity contribution in [3.63, 3.8) is 0 Å². The molecule has 0 radical (unpaired) electrons. The van der Waals surface area contributed by atoms with E-state index in [1.54, 1.807) is 24.3 Å². The minimum atomic E-state index is -1.13. The van der Waals surface area contributed by atoms with E-state index in [1.165, 1.54) is 31.4 Å². The number of aromatic amines is 1. The number of benzene rings is 1. The summed E-state index contributed by atoms with van der Waals surface area (Å²) in [6, 6.07) is 8.99. The normalized spacial score (nSPS) is 12.4. The number of pyridine rings is 2. The number of nitrogens with zero attached hydrogens (tertiary/aromatic N) is 1. The Hall–Kier alpha value is -3.65. The number of hydrogen-bond donors (Lipinski definition) is 2. The Morgan fingerprint density at radius 1 is 1.18 bits per heavy atom. The average molecular weight is 452 g/mol. The second-order valence-corrected chi connectivity index (χ2v) is 7.95. The lowest BCUT2D eigenvalue weighted by Gasteiger charge is -2.17. The lowest BCUT2D eigenvalue weighted by atomic mass is 9.91. The van der Waals surface area contributed by atoms with Gasteiger partial charge in [-0.3, -0.25) is 14.4 Å². The average Bonchev–Trinajstić information content (AvgIpc) is 2.77. The van der Waals surface area contributed by atoms with Crippen LogP contribution in [0.15, 0.2) is 47.3 Å². The number of aliphatic hydroxyl groups is 1. The molecule has 1 unspecified atom stereocenters. The number of methoxy groups -OCH3 is 1. The molecule has 33 heavy (non-hydrogen) atoms. The van der Waals surface area contributed by atoms with Crippen molar-refractivity contribution >= 4 is 28.9 Å². The van der Waals surface area contributed by atoms with Gasteiger partial charge in [0.1, 0.15) is 23.7 Å². The van der Waals surface area contributed by atoms with Gasteiger partial charge in [0.05, 0.1) is 18.9 Å². The lowest BCUT2D eigenvalue weighted by molar-refractivity contribution is -0.143. The fourth-order valence-electron chi connectivity index (χ4n) is 3.56. The number of Topliss-reactive ketones (excluding diaryl/α,β-unsaturated/α-hetero) is 1. The highest BCUT2D eigenvalue weighted by Crippen LogP contribution is 2.35. The van der Waals surface area contributed by atoms with Gasteiger partial charge in [0, 0.05) is 29.0 Å². The molecule has 172 valence electrons. The summed E-state index contributed by atoms with van der Waals surface area (Å²) >= 11 is 0. The molecule has 3 rings (SSSR count). The van der Waals surface area contributed by atoms with E-state index in [0.29, 0.717) is 33.4 Å². The number of hydrogen-bond acceptors (Lipinski definition) is 6. The van der Waals surface area contributed by atoms with Crippen molar-refractivity contribution in [3.05, 3.63) is 69.9 Å². The second kappa shape index (κ2) is 10.3. The third kappa shape index (κ3) is 5.78. The van der Waals surface area contributed by atoms with E-state index in [1.807, 2.05) is 13.8 Å². The molecule has 0 fully saturated rings. The predicted octanol–water partition coefficient (Wildman–Crippen LogP) is 3.75. The highest BCUT2D eigenvalue weighted by atomic mass is 19.1. The van der Waals surface area contributed by atoms with Crippen LogP contribution in [0.1, 0.15) is 43.9 Å². The Morgan fingerprint density at radius 3 is 2.52 bits per heavy atom. The number of H-pyrrole nitrogens is 1. The number of carbonyl (C=O) groups is 2. The second-order valence-electron chi connectivity index (χ2n) is 7.95. The molecule has 2 N–H and O–H groups in total. The number of ether oxygens (including phenoxy) is 1. The maximum Gasteiger partial charge on any atom is 0.313 e. The molecule has 0 amide bonds. The highest BCUT2D eigenvalue weighted by Gasteiger charge is 2.19. The molecule has 1 aromatic carbocycles. The van der Waals surface area contributed by atoms with Crippen LogP contribution in [-0.2, 0) is 14.3 Å². The molecule has 0 aliphatic rings. The summed E-state index contributed by atoms with van der Waals surface area (Å²) in [6.07, 6.45) is 1.34. The number of aliphatic hydroxyl groups excluding tert-OH is 1. The summed E-state index contributed by atoms with van der Waals surface area (Å²) in [4.78, 5) is 42.5. The van der Waals surface area contributed by atoms with Crippen LogP contribution in [-0.4, -0.2) is 40.0 Å². The van der Waals surface area contributed by atoms with Gasteiger partial charge in [-0.05, 0) is 29.7 Å². The van der Waals surface area contributed by atoms with Crippen LogP contribution in [0.4, 0.5) is 4.39 Å². The maximum atomic E-state index is 13.6. The Morgan fingerprint density at radius 2 is 1.88 bits per heavy atom. The molecule has 8 heteroatoms. The standard InChI is InChI=1S/C25H25FN2O5/c1-14(2)24-19(9-8-17(29)12-18(30)13-22(32)33-3)23(15-4-6-16(26)7-5-15)20-10-11-21(31)27-25(20)28-24/h4-11,14,17,29H,12-13H2,1-3H3,(H,27,28,31). The van der Waals surface area contributed by atoms with Crippen molar-refractivity contribution in [3.8, 4) is 11.1 Å². The van der Waals surface area contributed by atoms with Gasteiger partial charge >= 0.3 is 5.97 Å². The molecule has 1 atom stereocenters. The first kappa shape index (κ1) is 24.0. The number of fused-ring (bicyclic) bond motifs is 1. The van der Waals surface area contributed by atoms with Crippen LogP contribution in [0, 0.1) is 5.82 Å². The van der Waals surface area contributed by atoms with Crippen molar-refractivity contribution in [1.82, 2.24) is 9.97 Å². The minimum absolute atomic E-state index is 0.0462. The Balaban J connectivity index is 2.12. The number of ketones is 1. The summed E-state index contributed by atoms with van der Waals surface area (Å²) in [5, 5.41) is 11.0. The molecule has 0 aliphatic carbocycles. The van der Waals surface area contributed by atoms with Crippen LogP contribution >= 0.6 is 0 Å². The number of esters is 1. The van der Waals surface area contributed by atoms with E-state index in [-0.39, 0.29) is 23.7 Å². The summed E-state index contributed by atoms with van der Waals surface area (Å²) in [5.41, 5.74) is 2.86. The van der Waals surface area contributed by atoms with Crippen molar-refractivity contribution < 1.29 is 23.8 Å². The van der Waals surface area contributed by atoms with Crippen LogP contribution < -0.4 is 5.56 Å². The first-order valence-electron chi connectivity index (χ1n) is 10.5. The molecule has 0 saturated carbocycles. The van der Waals surface area contributed by atoms with E-state index in [4.69, 9.17) is 0 Å². The van der Waals surface area contributed by atoms with E-state index < -0.39 is 24.3 Å². The quantitative estimate of drug-likeness (QED) is 0.398. The molecular formula is C25H25FN2O5. The summed E-state index contributed by atoms with van der Waals surface area (Å²) < 4.78 is 18.1. The smallest absolute Gasteiger partial charge is 0.313 e. The first-order chi connectivity index (χ1) is 15.7. The highest BCUT2D eigenvalue weighted by molar-refractivity contribution is 5.98. The van der Waals surface area contributed by atoms with E-state index in [2.05, 4.69) is 14.7 Å². The van der Waals surface area contributed by atoms with E-state index >= 15 is 0 Å². The summed E-state index contributed by atoms with van der Waals surface area (Å²) in [5.74, 6) is -1.54. The number of rotatable bonds is 8. The molecule has 0 spiro atoms. The molecule has 0 aliphatic heterocycles. The van der Waals surface area contributed by atoms with E-state index in [9.17, 15) is 23.9 Å². The van der Waals surface area contributed by atoms with Gasteiger partial charge in [-0.25, -0.2) is 9.37 Å². The fraction of sp³-hybridized carbons (Fsp3) is 0.280. The fourth-order valence-corrected chi connectivity index (χ4v) is 3.56. The van der Waals surface area contributed by atoms with Gasteiger partial charge in [-0.15, -0.1) is 0 Å². The van der Waals surface area contributed by atoms with Gasteiger partial charge < -0.3 is 14.8 Å². The molecule has 0 bridgehead atoms. The first-order valence-corrected chi connectivity index (χ1v) is 10.5. The van der Waals surface area contributed by atoms with Gasteiger partial charge in [0.15, 0.2) is 0 Å². The van der Waals surface area contributed by atoms with Crippen LogP contribution in [0.25, 0.3) is 28.2 Å². The van der Waals surface area contributed by atoms with Crippen LogP contribution in [0.2, 0.25) is 0 Å². The molecule has 7 nitrogen and oxygen atoms in total. The monoisotopic (exact) mass is 452 g/mol. The number of aromatic nitrogens is 2. The zero-order chi connectivity index (χ0) is 24.1. The molecule has 0 saturated heterocycles. The summed E-state index contributed by atoms with van der Waals surface area (Å²) in [7, 11) is 1.19. The van der Waals surface area contributed by atoms with Gasteiger partial charge in [0.2, 0.25) is 5.56 Å². The third-order valence-electron chi connectivity index (χ3n) is 5.12. The molecule has 2 aromatic heterocycles. The topological polar surface area (TPSA) is 109 Å².